The lowest BCUT2D eigenvalue weighted by molar-refractivity contribution is -0.141. The van der Waals surface area contributed by atoms with E-state index in [1.807, 2.05) is 24.1 Å². The number of hydrogen-bond acceptors (Lipinski definition) is 5. The van der Waals surface area contributed by atoms with Crippen LogP contribution in [0, 0.1) is 0 Å². The monoisotopic (exact) mass is 534 g/mol. The van der Waals surface area contributed by atoms with Crippen molar-refractivity contribution in [2.24, 2.45) is 4.99 Å². The summed E-state index contributed by atoms with van der Waals surface area (Å²) in [5, 5.41) is 5.87. The van der Waals surface area contributed by atoms with Gasteiger partial charge in [-0.25, -0.2) is 9.97 Å². The van der Waals surface area contributed by atoms with Crippen LogP contribution >= 0.6 is 46.9 Å². The number of halogens is 5. The number of nitrogens with one attached hydrogen (secondary N) is 2. The van der Waals surface area contributed by atoms with Gasteiger partial charge in [-0.15, -0.1) is 35.3 Å². The van der Waals surface area contributed by atoms with Crippen molar-refractivity contribution in [2.45, 2.75) is 12.7 Å². The molecule has 2 rings (SSSR count). The lowest BCUT2D eigenvalue weighted by Crippen LogP contribution is -2.40. The van der Waals surface area contributed by atoms with E-state index in [2.05, 4.69) is 25.6 Å². The number of anilines is 1. The molecule has 0 aliphatic rings. The predicted molar refractivity (Wildman–Crippen MR) is 113 cm³/mol. The topological polar surface area (TPSA) is 65.4 Å². The fourth-order valence-electron chi connectivity index (χ4n) is 2.08. The van der Waals surface area contributed by atoms with E-state index in [9.17, 15) is 13.2 Å². The van der Waals surface area contributed by atoms with Crippen molar-refractivity contribution in [3.8, 4) is 0 Å². The van der Waals surface area contributed by atoms with Gasteiger partial charge in [0.25, 0.3) is 0 Å². The normalized spacial score (nSPS) is 11.7. The van der Waals surface area contributed by atoms with Crippen LogP contribution < -0.4 is 10.6 Å². The maximum absolute atomic E-state index is 12.6. The molecule has 2 aromatic rings. The molecule has 0 atom stereocenters. The van der Waals surface area contributed by atoms with Gasteiger partial charge >= 0.3 is 6.18 Å². The summed E-state index contributed by atoms with van der Waals surface area (Å²) >= 11 is 7.41. The van der Waals surface area contributed by atoms with Crippen LogP contribution in [0.25, 0.3) is 0 Å². The van der Waals surface area contributed by atoms with Crippen molar-refractivity contribution in [2.75, 3.05) is 32.5 Å². The molecular formula is C15H19ClF3IN6S. The molecule has 2 N–H and O–H groups in total. The third-order valence-corrected chi connectivity index (χ3v) is 4.45. The molecule has 0 aromatic carbocycles. The molecular weight excluding hydrogens is 516 g/mol. The largest absolute Gasteiger partial charge is 0.433 e. The Morgan fingerprint density at radius 2 is 2.04 bits per heavy atom. The molecule has 2 aromatic heterocycles. The Bertz CT molecular complexity index is 755. The van der Waals surface area contributed by atoms with Crippen LogP contribution in [-0.4, -0.2) is 48.0 Å². The Morgan fingerprint density at radius 3 is 2.63 bits per heavy atom. The quantitative estimate of drug-likeness (QED) is 0.254. The zero-order valence-electron chi connectivity index (χ0n) is 14.5. The van der Waals surface area contributed by atoms with Crippen LogP contribution in [0.5, 0.6) is 0 Å². The van der Waals surface area contributed by atoms with Gasteiger partial charge in [0.1, 0.15) is 5.69 Å². The molecule has 0 fully saturated rings. The lowest BCUT2D eigenvalue weighted by atomic mass is 10.4. The molecule has 27 heavy (non-hydrogen) atoms. The first kappa shape index (κ1) is 23.7. The number of thiophene rings is 1. The minimum Gasteiger partial charge on any atom is -0.354 e. The van der Waals surface area contributed by atoms with E-state index in [0.717, 1.165) is 21.5 Å². The SMILES string of the molecule is CN=C(NCCNc1nccc(C(F)(F)F)n1)N(C)Cc1ccc(Cl)s1.I. The highest BCUT2D eigenvalue weighted by atomic mass is 127. The second-order valence-corrected chi connectivity index (χ2v) is 7.03. The van der Waals surface area contributed by atoms with Gasteiger partial charge in [0.05, 0.1) is 10.9 Å². The Labute approximate surface area is 181 Å². The van der Waals surface area contributed by atoms with Gasteiger partial charge in [0.15, 0.2) is 5.96 Å². The van der Waals surface area contributed by atoms with Crippen LogP contribution in [0.3, 0.4) is 0 Å². The van der Waals surface area contributed by atoms with E-state index in [-0.39, 0.29) is 29.9 Å². The fourth-order valence-corrected chi connectivity index (χ4v) is 3.22. The van der Waals surface area contributed by atoms with Crippen LogP contribution in [0.2, 0.25) is 4.34 Å². The summed E-state index contributed by atoms with van der Waals surface area (Å²) in [6.07, 6.45) is -3.42. The van der Waals surface area contributed by atoms with Crippen molar-refractivity contribution in [3.63, 3.8) is 0 Å². The second kappa shape index (κ2) is 10.9. The van der Waals surface area contributed by atoms with Crippen LogP contribution in [0.15, 0.2) is 29.4 Å². The molecule has 0 saturated heterocycles. The molecule has 150 valence electrons. The molecule has 0 aliphatic carbocycles. The third kappa shape index (κ3) is 7.66. The molecule has 0 bridgehead atoms. The minimum atomic E-state index is -4.49. The van der Waals surface area contributed by atoms with Gasteiger partial charge in [-0.05, 0) is 18.2 Å². The first-order valence-corrected chi connectivity index (χ1v) is 8.79. The summed E-state index contributed by atoms with van der Waals surface area (Å²) < 4.78 is 38.6. The standard InChI is InChI=1S/C15H18ClF3N6S.HI/c1-20-14(25(2)9-10-3-4-12(16)26-10)23-8-7-22-13-21-6-5-11(24-13)15(17,18)19;/h3-6H,7-9H2,1-2H3,(H,20,23)(H,21,22,24);1H. The van der Waals surface area contributed by atoms with Crippen LogP contribution in [0.1, 0.15) is 10.6 Å². The van der Waals surface area contributed by atoms with Gasteiger partial charge in [0.2, 0.25) is 5.95 Å². The summed E-state index contributed by atoms with van der Waals surface area (Å²) in [6.45, 7) is 1.40. The number of aromatic nitrogens is 2. The van der Waals surface area contributed by atoms with E-state index in [1.165, 1.54) is 11.3 Å². The highest BCUT2D eigenvalue weighted by molar-refractivity contribution is 14.0. The maximum Gasteiger partial charge on any atom is 0.433 e. The molecule has 6 nitrogen and oxygen atoms in total. The highest BCUT2D eigenvalue weighted by Gasteiger charge is 2.32. The fraction of sp³-hybridized carbons (Fsp3) is 0.400. The van der Waals surface area contributed by atoms with E-state index in [1.54, 1.807) is 7.05 Å². The molecule has 0 saturated carbocycles. The van der Waals surface area contributed by atoms with Crippen molar-refractivity contribution >= 4 is 58.8 Å². The zero-order chi connectivity index (χ0) is 19.2. The Balaban J connectivity index is 0.00000364. The van der Waals surface area contributed by atoms with E-state index in [0.29, 0.717) is 25.6 Å². The first-order chi connectivity index (χ1) is 12.3. The number of hydrogen-bond donors (Lipinski definition) is 2. The molecule has 2 heterocycles. The summed E-state index contributed by atoms with van der Waals surface area (Å²) in [4.78, 5) is 14.4. The zero-order valence-corrected chi connectivity index (χ0v) is 18.5. The minimum absolute atomic E-state index is 0. The Kier molecular flexibility index (Phi) is 9.53. The number of nitrogens with zero attached hydrogens (tertiary/aromatic N) is 4. The molecule has 0 radical (unpaired) electrons. The van der Waals surface area contributed by atoms with Crippen molar-refractivity contribution in [1.82, 2.24) is 20.2 Å². The van der Waals surface area contributed by atoms with Gasteiger partial charge in [-0.3, -0.25) is 4.99 Å². The molecule has 0 aliphatic heterocycles. The van der Waals surface area contributed by atoms with Crippen molar-refractivity contribution in [1.29, 1.82) is 0 Å². The van der Waals surface area contributed by atoms with Crippen molar-refractivity contribution < 1.29 is 13.2 Å². The van der Waals surface area contributed by atoms with Gasteiger partial charge < -0.3 is 15.5 Å². The summed E-state index contributed by atoms with van der Waals surface area (Å²) in [5.74, 6) is 0.583. The summed E-state index contributed by atoms with van der Waals surface area (Å²) in [7, 11) is 3.54. The first-order valence-electron chi connectivity index (χ1n) is 7.59. The van der Waals surface area contributed by atoms with Crippen LogP contribution in [-0.2, 0) is 12.7 Å². The summed E-state index contributed by atoms with van der Waals surface area (Å²) in [5.41, 5.74) is -0.979. The van der Waals surface area contributed by atoms with E-state index >= 15 is 0 Å². The number of rotatable bonds is 6. The smallest absolute Gasteiger partial charge is 0.354 e. The van der Waals surface area contributed by atoms with Gasteiger partial charge in [0, 0.05) is 38.3 Å². The highest BCUT2D eigenvalue weighted by Crippen LogP contribution is 2.27. The number of alkyl halides is 3. The number of guanidine groups is 1. The van der Waals surface area contributed by atoms with E-state index in [4.69, 9.17) is 11.6 Å². The molecule has 0 amide bonds. The Hall–Kier alpha value is -1.34. The molecule has 0 spiro atoms. The Morgan fingerprint density at radius 1 is 1.30 bits per heavy atom. The molecule has 0 unspecified atom stereocenters. The average molecular weight is 535 g/mol. The van der Waals surface area contributed by atoms with Gasteiger partial charge in [-0.1, -0.05) is 11.6 Å². The van der Waals surface area contributed by atoms with E-state index < -0.39 is 11.9 Å². The third-order valence-electron chi connectivity index (χ3n) is 3.23. The maximum atomic E-state index is 12.6. The second-order valence-electron chi connectivity index (χ2n) is 5.23. The van der Waals surface area contributed by atoms with Crippen LogP contribution in [0.4, 0.5) is 19.1 Å². The predicted octanol–water partition coefficient (Wildman–Crippen LogP) is 3.95. The lowest BCUT2D eigenvalue weighted by Gasteiger charge is -2.21. The summed E-state index contributed by atoms with van der Waals surface area (Å²) in [6, 6.07) is 4.62. The average Bonchev–Trinajstić information content (AvgIpc) is 2.99. The molecule has 12 heteroatoms. The van der Waals surface area contributed by atoms with Crippen molar-refractivity contribution in [3.05, 3.63) is 39.3 Å². The van der Waals surface area contributed by atoms with Gasteiger partial charge in [-0.2, -0.15) is 13.2 Å². The number of aliphatic imine (C=N–C) groups is 1.